The van der Waals surface area contributed by atoms with E-state index in [9.17, 15) is 4.39 Å². The molecule has 1 aliphatic rings. The molecule has 0 radical (unpaired) electrons. The van der Waals surface area contributed by atoms with Crippen LogP contribution in [0.15, 0.2) is 18.2 Å². The standard InChI is InChI=1S/C15H20FN3/c1-2-12-9-19(6-5-15(12)18)10-13-7-11(8-17)3-4-14(13)16/h3-4,7,12,15H,2,5-6,9-10,18H2,1H3. The molecule has 2 N–H and O–H groups in total. The van der Waals surface area contributed by atoms with Crippen molar-refractivity contribution in [3.05, 3.63) is 35.1 Å². The molecule has 0 bridgehead atoms. The third kappa shape index (κ3) is 3.31. The normalized spacial score (nSPS) is 24.1. The molecule has 2 rings (SSSR count). The van der Waals surface area contributed by atoms with Crippen molar-refractivity contribution in [3.8, 4) is 6.07 Å². The third-order valence-corrected chi connectivity index (χ3v) is 3.97. The van der Waals surface area contributed by atoms with Crippen LogP contribution < -0.4 is 5.73 Å². The van der Waals surface area contributed by atoms with Crippen molar-refractivity contribution in [2.75, 3.05) is 13.1 Å². The van der Waals surface area contributed by atoms with Crippen LogP contribution in [-0.4, -0.2) is 24.0 Å². The minimum Gasteiger partial charge on any atom is -0.327 e. The number of piperidine rings is 1. The summed E-state index contributed by atoms with van der Waals surface area (Å²) < 4.78 is 13.8. The van der Waals surface area contributed by atoms with E-state index in [0.717, 1.165) is 25.9 Å². The second-order valence-corrected chi connectivity index (χ2v) is 5.27. The molecule has 1 saturated heterocycles. The molecule has 1 heterocycles. The third-order valence-electron chi connectivity index (χ3n) is 3.97. The van der Waals surface area contributed by atoms with Gasteiger partial charge in [0.15, 0.2) is 0 Å². The molecule has 102 valence electrons. The molecule has 19 heavy (non-hydrogen) atoms. The Morgan fingerprint density at radius 1 is 1.53 bits per heavy atom. The second kappa shape index (κ2) is 6.14. The number of nitriles is 1. The van der Waals surface area contributed by atoms with E-state index < -0.39 is 0 Å². The average Bonchev–Trinajstić information content (AvgIpc) is 2.43. The van der Waals surface area contributed by atoms with Crippen molar-refractivity contribution >= 4 is 0 Å². The highest BCUT2D eigenvalue weighted by atomic mass is 19.1. The van der Waals surface area contributed by atoms with Gasteiger partial charge in [-0.3, -0.25) is 4.90 Å². The lowest BCUT2D eigenvalue weighted by Crippen LogP contribution is -2.46. The summed E-state index contributed by atoms with van der Waals surface area (Å²) in [5, 5.41) is 8.87. The molecule has 1 aromatic carbocycles. The molecule has 3 nitrogen and oxygen atoms in total. The van der Waals surface area contributed by atoms with Gasteiger partial charge >= 0.3 is 0 Å². The smallest absolute Gasteiger partial charge is 0.127 e. The van der Waals surface area contributed by atoms with Gasteiger partial charge in [-0.2, -0.15) is 5.26 Å². The van der Waals surface area contributed by atoms with E-state index >= 15 is 0 Å². The lowest BCUT2D eigenvalue weighted by molar-refractivity contribution is 0.144. The van der Waals surface area contributed by atoms with Crippen molar-refractivity contribution in [1.82, 2.24) is 4.90 Å². The Balaban J connectivity index is 2.07. The summed E-state index contributed by atoms with van der Waals surface area (Å²) in [4.78, 5) is 2.23. The van der Waals surface area contributed by atoms with Gasteiger partial charge in [0, 0.05) is 24.7 Å². The topological polar surface area (TPSA) is 53.0 Å². The number of rotatable bonds is 3. The molecule has 0 amide bonds. The van der Waals surface area contributed by atoms with Gasteiger partial charge in [0.05, 0.1) is 11.6 Å². The van der Waals surface area contributed by atoms with Crippen LogP contribution >= 0.6 is 0 Å². The van der Waals surface area contributed by atoms with Gasteiger partial charge in [0.1, 0.15) is 5.82 Å². The summed E-state index contributed by atoms with van der Waals surface area (Å²) in [7, 11) is 0. The Bertz CT molecular complexity index is 481. The Labute approximate surface area is 113 Å². The second-order valence-electron chi connectivity index (χ2n) is 5.27. The first-order chi connectivity index (χ1) is 9.13. The van der Waals surface area contributed by atoms with E-state index in [2.05, 4.69) is 17.9 Å². The molecule has 1 fully saturated rings. The van der Waals surface area contributed by atoms with Crippen molar-refractivity contribution in [2.45, 2.75) is 32.4 Å². The predicted molar refractivity (Wildman–Crippen MR) is 72.8 cm³/mol. The van der Waals surface area contributed by atoms with Crippen LogP contribution in [0.2, 0.25) is 0 Å². The maximum absolute atomic E-state index is 13.8. The summed E-state index contributed by atoms with van der Waals surface area (Å²) in [5.74, 6) is 0.248. The number of halogens is 1. The van der Waals surface area contributed by atoms with Gasteiger partial charge in [-0.05, 0) is 37.1 Å². The largest absolute Gasteiger partial charge is 0.327 e. The number of nitrogens with two attached hydrogens (primary N) is 1. The predicted octanol–water partition coefficient (Wildman–Crippen LogP) is 2.26. The fraction of sp³-hybridized carbons (Fsp3) is 0.533. The Hall–Kier alpha value is -1.44. The lowest BCUT2D eigenvalue weighted by Gasteiger charge is -2.36. The van der Waals surface area contributed by atoms with Crippen LogP contribution in [0.1, 0.15) is 30.9 Å². The molecule has 4 heteroatoms. The van der Waals surface area contributed by atoms with Crippen LogP contribution in [0.5, 0.6) is 0 Å². The number of nitrogens with zero attached hydrogens (tertiary/aromatic N) is 2. The maximum Gasteiger partial charge on any atom is 0.127 e. The summed E-state index contributed by atoms with van der Waals surface area (Å²) >= 11 is 0. The number of likely N-dealkylation sites (tertiary alicyclic amines) is 1. The van der Waals surface area contributed by atoms with E-state index in [1.54, 1.807) is 6.07 Å². The highest BCUT2D eigenvalue weighted by Crippen LogP contribution is 2.21. The van der Waals surface area contributed by atoms with Crippen LogP contribution in [-0.2, 0) is 6.54 Å². The number of hydrogen-bond acceptors (Lipinski definition) is 3. The number of benzene rings is 1. The first-order valence-electron chi connectivity index (χ1n) is 6.80. The van der Waals surface area contributed by atoms with Crippen LogP contribution in [0, 0.1) is 23.1 Å². The molecule has 0 spiro atoms. The van der Waals surface area contributed by atoms with Crippen molar-refractivity contribution in [2.24, 2.45) is 11.7 Å². The molecule has 0 aromatic heterocycles. The van der Waals surface area contributed by atoms with Gasteiger partial charge < -0.3 is 5.73 Å². The molecule has 1 aliphatic heterocycles. The van der Waals surface area contributed by atoms with Crippen molar-refractivity contribution in [3.63, 3.8) is 0 Å². The lowest BCUT2D eigenvalue weighted by atomic mass is 9.90. The van der Waals surface area contributed by atoms with Gasteiger partial charge in [0.2, 0.25) is 0 Å². The van der Waals surface area contributed by atoms with Crippen molar-refractivity contribution < 1.29 is 4.39 Å². The number of hydrogen-bond donors (Lipinski definition) is 1. The minimum absolute atomic E-state index is 0.234. The van der Waals surface area contributed by atoms with E-state index in [1.807, 2.05) is 0 Å². The van der Waals surface area contributed by atoms with Gasteiger partial charge in [-0.15, -0.1) is 0 Å². The van der Waals surface area contributed by atoms with Gasteiger partial charge in [-0.1, -0.05) is 13.3 Å². The Morgan fingerprint density at radius 2 is 2.32 bits per heavy atom. The molecule has 0 aliphatic carbocycles. The van der Waals surface area contributed by atoms with E-state index in [4.69, 9.17) is 11.0 Å². The monoisotopic (exact) mass is 261 g/mol. The van der Waals surface area contributed by atoms with Crippen LogP contribution in [0.3, 0.4) is 0 Å². The van der Waals surface area contributed by atoms with Gasteiger partial charge in [0.25, 0.3) is 0 Å². The van der Waals surface area contributed by atoms with E-state index in [0.29, 0.717) is 23.6 Å². The summed E-state index contributed by atoms with van der Waals surface area (Å²) in [6, 6.07) is 6.85. The van der Waals surface area contributed by atoms with Crippen LogP contribution in [0.4, 0.5) is 4.39 Å². The molecule has 2 atom stereocenters. The average molecular weight is 261 g/mol. The summed E-state index contributed by atoms with van der Waals surface area (Å²) in [6.07, 6.45) is 2.01. The highest BCUT2D eigenvalue weighted by Gasteiger charge is 2.25. The quantitative estimate of drug-likeness (QED) is 0.908. The first-order valence-corrected chi connectivity index (χ1v) is 6.80. The molecular formula is C15H20FN3. The molecule has 2 unspecified atom stereocenters. The summed E-state index contributed by atoms with van der Waals surface area (Å²) in [5.41, 5.74) is 7.19. The summed E-state index contributed by atoms with van der Waals surface area (Å²) in [6.45, 7) is 4.51. The fourth-order valence-electron chi connectivity index (χ4n) is 2.71. The fourth-order valence-corrected chi connectivity index (χ4v) is 2.71. The zero-order chi connectivity index (χ0) is 13.8. The SMILES string of the molecule is CCC1CN(Cc2cc(C#N)ccc2F)CCC1N. The molecule has 0 saturated carbocycles. The Morgan fingerprint density at radius 3 is 3.00 bits per heavy atom. The minimum atomic E-state index is -0.234. The molecular weight excluding hydrogens is 241 g/mol. The zero-order valence-electron chi connectivity index (χ0n) is 11.3. The Kier molecular flexibility index (Phi) is 4.52. The van der Waals surface area contributed by atoms with E-state index in [1.165, 1.54) is 12.1 Å². The first kappa shape index (κ1) is 14.0. The highest BCUT2D eigenvalue weighted by molar-refractivity contribution is 5.33. The molecule has 1 aromatic rings. The van der Waals surface area contributed by atoms with Gasteiger partial charge in [-0.25, -0.2) is 4.39 Å². The van der Waals surface area contributed by atoms with Crippen molar-refractivity contribution in [1.29, 1.82) is 5.26 Å². The zero-order valence-corrected chi connectivity index (χ0v) is 11.3. The van der Waals surface area contributed by atoms with E-state index in [-0.39, 0.29) is 11.9 Å². The van der Waals surface area contributed by atoms with Crippen LogP contribution in [0.25, 0.3) is 0 Å². The maximum atomic E-state index is 13.8.